The van der Waals surface area contributed by atoms with E-state index in [4.69, 9.17) is 28.7 Å². The van der Waals surface area contributed by atoms with Crippen LogP contribution in [-0.2, 0) is 51.2 Å². The summed E-state index contributed by atoms with van der Waals surface area (Å²) in [7, 11) is 0. The van der Waals surface area contributed by atoms with E-state index in [1.54, 1.807) is 36.5 Å². The lowest BCUT2D eigenvalue weighted by molar-refractivity contribution is -0.136. The summed E-state index contributed by atoms with van der Waals surface area (Å²) in [6, 6.07) is 7.44. The number of carbonyl (C=O) groups excluding carboxylic acids is 8. The summed E-state index contributed by atoms with van der Waals surface area (Å²) in [6.45, 7) is 1.52. The molecule has 78 heavy (non-hydrogen) atoms. The lowest BCUT2D eigenvalue weighted by Gasteiger charge is -2.32. The summed E-state index contributed by atoms with van der Waals surface area (Å²) in [4.78, 5) is 123. The number of aliphatic imine (C=N–C) groups is 2. The van der Waals surface area contributed by atoms with Crippen LogP contribution in [0.15, 0.2) is 70.8 Å². The van der Waals surface area contributed by atoms with Gasteiger partial charge in [0.25, 0.3) is 0 Å². The lowest BCUT2D eigenvalue weighted by atomic mass is 9.84. The van der Waals surface area contributed by atoms with Gasteiger partial charge in [0.2, 0.25) is 47.3 Å². The first kappa shape index (κ1) is 61.1. The van der Waals surface area contributed by atoms with Gasteiger partial charge in [0, 0.05) is 50.1 Å². The fourth-order valence-corrected chi connectivity index (χ4v) is 9.79. The molecule has 1 saturated carbocycles. The SMILES string of the molecule is CC(=O)NC(CCCN=C(N)N)C(=O)NC1CC(=O)NCCCCC(C(N)=O)NC(=O)C(Cc2c[nH]c3ccccc23)NC(O)C(CCCN=C(N)N)NC(=O)C(Cc2ccccc2)NC(=O)C(CC2CCCCC2)NC1=O. The molecule has 1 aliphatic carbocycles. The Morgan fingerprint density at radius 2 is 1.36 bits per heavy atom. The zero-order valence-corrected chi connectivity index (χ0v) is 44.4. The summed E-state index contributed by atoms with van der Waals surface area (Å²) < 4.78 is 0. The van der Waals surface area contributed by atoms with Crippen LogP contribution in [0.3, 0.4) is 0 Å². The van der Waals surface area contributed by atoms with E-state index in [0.29, 0.717) is 17.5 Å². The monoisotopic (exact) mass is 1080 g/mol. The van der Waals surface area contributed by atoms with Crippen LogP contribution in [0.2, 0.25) is 0 Å². The summed E-state index contributed by atoms with van der Waals surface area (Å²) in [5, 5.41) is 35.3. The Morgan fingerprint density at radius 1 is 0.718 bits per heavy atom. The number of aliphatic hydroxyl groups excluding tert-OH is 1. The number of hydrogen-bond donors (Lipinski definition) is 15. The number of rotatable bonds is 18. The number of primary amides is 1. The average Bonchev–Trinajstić information content (AvgIpc) is 3.82. The van der Waals surface area contributed by atoms with Crippen molar-refractivity contribution in [3.8, 4) is 0 Å². The maximum atomic E-state index is 14.9. The van der Waals surface area contributed by atoms with Crippen LogP contribution in [0.25, 0.3) is 10.9 Å². The Bertz CT molecular complexity index is 2540. The van der Waals surface area contributed by atoms with Gasteiger partial charge in [-0.2, -0.15) is 0 Å². The second-order valence-electron chi connectivity index (χ2n) is 20.1. The van der Waals surface area contributed by atoms with Crippen molar-refractivity contribution < 1.29 is 43.5 Å². The highest BCUT2D eigenvalue weighted by Gasteiger charge is 2.36. The van der Waals surface area contributed by atoms with Crippen molar-refractivity contribution in [1.82, 2.24) is 47.5 Å². The van der Waals surface area contributed by atoms with Crippen LogP contribution < -0.4 is 71.2 Å². The van der Waals surface area contributed by atoms with Gasteiger partial charge in [0.1, 0.15) is 36.4 Å². The Labute approximate surface area is 454 Å². The van der Waals surface area contributed by atoms with Crippen molar-refractivity contribution >= 4 is 70.1 Å². The number of aromatic nitrogens is 1. The topological polar surface area (TPSA) is 424 Å². The second-order valence-corrected chi connectivity index (χ2v) is 20.1. The number of carbonyl (C=O) groups is 8. The summed E-state index contributed by atoms with van der Waals surface area (Å²) in [5.41, 5.74) is 30.2. The number of nitrogens with one attached hydrogen (secondary N) is 9. The molecule has 8 atom stereocenters. The molecule has 2 fully saturated rings. The summed E-state index contributed by atoms with van der Waals surface area (Å²) in [6.07, 6.45) is 5.21. The smallest absolute Gasteiger partial charge is 0.243 e. The van der Waals surface area contributed by atoms with Crippen LogP contribution in [0, 0.1) is 5.92 Å². The van der Waals surface area contributed by atoms with E-state index in [2.05, 4.69) is 57.5 Å². The molecule has 5 rings (SSSR count). The minimum absolute atomic E-state index is 0.00858. The Hall–Kier alpha value is -7.80. The highest BCUT2D eigenvalue weighted by molar-refractivity contribution is 5.97. The summed E-state index contributed by atoms with van der Waals surface area (Å²) in [5.74, 6) is -6.17. The first-order chi connectivity index (χ1) is 37.4. The first-order valence-corrected chi connectivity index (χ1v) is 26.9. The normalized spacial score (nSPS) is 23.2. The third-order valence-corrected chi connectivity index (χ3v) is 13.9. The Kier molecular flexibility index (Phi) is 24.6. The minimum atomic E-state index is -1.63. The van der Waals surface area contributed by atoms with Gasteiger partial charge < -0.3 is 76.0 Å². The van der Waals surface area contributed by atoms with Gasteiger partial charge in [-0.1, -0.05) is 80.6 Å². The third-order valence-electron chi connectivity index (χ3n) is 13.9. The van der Waals surface area contributed by atoms with Gasteiger partial charge in [0.15, 0.2) is 11.9 Å². The Balaban J connectivity index is 1.55. The molecule has 20 N–H and O–H groups in total. The molecule has 1 saturated heterocycles. The molecule has 0 spiro atoms. The minimum Gasteiger partial charge on any atom is -0.376 e. The van der Waals surface area contributed by atoms with Crippen molar-refractivity contribution in [2.75, 3.05) is 19.6 Å². The molecule has 2 aliphatic rings. The van der Waals surface area contributed by atoms with Crippen molar-refractivity contribution in [2.45, 2.75) is 158 Å². The predicted molar refractivity (Wildman–Crippen MR) is 294 cm³/mol. The van der Waals surface area contributed by atoms with Crippen LogP contribution in [-0.4, -0.2) is 137 Å². The van der Waals surface area contributed by atoms with Gasteiger partial charge in [0.05, 0.1) is 18.5 Å². The van der Waals surface area contributed by atoms with E-state index in [-0.39, 0.29) is 95.3 Å². The van der Waals surface area contributed by atoms with E-state index in [9.17, 15) is 43.5 Å². The number of nitrogens with two attached hydrogens (primary N) is 5. The highest BCUT2D eigenvalue weighted by Crippen LogP contribution is 2.28. The van der Waals surface area contributed by atoms with E-state index in [0.717, 1.165) is 43.0 Å². The first-order valence-electron chi connectivity index (χ1n) is 26.9. The molecule has 25 nitrogen and oxygen atoms in total. The average molecular weight is 1090 g/mol. The van der Waals surface area contributed by atoms with Crippen LogP contribution >= 0.6 is 0 Å². The third kappa shape index (κ3) is 20.6. The number of hydrogen-bond acceptors (Lipinski definition) is 12. The number of benzene rings is 2. The fourth-order valence-electron chi connectivity index (χ4n) is 9.79. The lowest BCUT2D eigenvalue weighted by Crippen LogP contribution is -2.61. The van der Waals surface area contributed by atoms with E-state index in [1.165, 1.54) is 6.92 Å². The van der Waals surface area contributed by atoms with E-state index in [1.807, 2.05) is 24.3 Å². The molecule has 1 aromatic heterocycles. The zero-order valence-electron chi connectivity index (χ0n) is 44.4. The molecule has 0 bridgehead atoms. The molecule has 8 unspecified atom stereocenters. The van der Waals surface area contributed by atoms with E-state index >= 15 is 0 Å². The van der Waals surface area contributed by atoms with Gasteiger partial charge in [-0.15, -0.1) is 0 Å². The van der Waals surface area contributed by atoms with Crippen molar-refractivity contribution in [2.24, 2.45) is 44.6 Å². The number of aliphatic hydroxyl groups is 1. The maximum Gasteiger partial charge on any atom is 0.243 e. The van der Waals surface area contributed by atoms with Crippen molar-refractivity contribution in [3.05, 3.63) is 71.9 Å². The molecule has 25 heteroatoms. The van der Waals surface area contributed by atoms with Gasteiger partial charge >= 0.3 is 0 Å². The van der Waals surface area contributed by atoms with Gasteiger partial charge in [-0.3, -0.25) is 53.7 Å². The molecular formula is C53H80N16O9. The van der Waals surface area contributed by atoms with Crippen LogP contribution in [0.4, 0.5) is 0 Å². The standard InChI is InChI=1S/C53H80N16O9/c1-31(70)63-38(21-12-24-60-52(55)56)46(73)69-43-29-44(71)59-23-11-10-20-37(45(54)72)64-50(77)42(28-34-30-62-36-19-9-8-18-35(34)36)68-47(74)39(22-13-25-61-53(57)58)65-48(75)40(26-32-14-4-2-5-15-32)66-49(76)41(67-51(43)78)27-33-16-6-3-7-17-33/h2,4-5,8-9,14-15,18-19,30,33,37-43,47,62,68,74H,3,6-7,10-13,16-17,20-29H2,1H3,(H2,54,72)(H,59,71)(H,63,70)(H,64,77)(H,65,75)(H,66,76)(H,67,78)(H,69,73)(H4,55,56,60)(H4,57,58,61). The molecular weight excluding hydrogens is 1000 g/mol. The number of para-hydroxylation sites is 1. The number of nitrogens with zero attached hydrogens (tertiary/aromatic N) is 2. The molecule has 0 radical (unpaired) electrons. The summed E-state index contributed by atoms with van der Waals surface area (Å²) >= 11 is 0. The zero-order chi connectivity index (χ0) is 56.6. The number of fused-ring (bicyclic) bond motifs is 1. The fraction of sp³-hybridized carbons (Fsp3) is 0.547. The molecule has 2 heterocycles. The number of aromatic amines is 1. The largest absolute Gasteiger partial charge is 0.376 e. The predicted octanol–water partition coefficient (Wildman–Crippen LogP) is -1.59. The Morgan fingerprint density at radius 3 is 2.05 bits per heavy atom. The van der Waals surface area contributed by atoms with Crippen molar-refractivity contribution in [1.29, 1.82) is 0 Å². The molecule has 8 amide bonds. The molecule has 1 aliphatic heterocycles. The quantitative estimate of drug-likeness (QED) is 0.0388. The number of H-pyrrole nitrogens is 1. The maximum absolute atomic E-state index is 14.9. The number of guanidine groups is 2. The van der Waals surface area contributed by atoms with Crippen LogP contribution in [0.5, 0.6) is 0 Å². The second kappa shape index (κ2) is 31.4. The van der Waals surface area contributed by atoms with Crippen LogP contribution in [0.1, 0.15) is 108 Å². The molecule has 3 aromatic rings. The highest BCUT2D eigenvalue weighted by atomic mass is 16.3. The number of amides is 8. The molecule has 426 valence electrons. The van der Waals surface area contributed by atoms with Gasteiger partial charge in [-0.05, 0) is 80.9 Å². The van der Waals surface area contributed by atoms with Gasteiger partial charge in [-0.25, -0.2) is 0 Å². The van der Waals surface area contributed by atoms with E-state index < -0.39 is 102 Å². The molecule has 2 aromatic carbocycles. The van der Waals surface area contributed by atoms with Crippen molar-refractivity contribution in [3.63, 3.8) is 0 Å².